The zero-order valence-electron chi connectivity index (χ0n) is 11.9. The monoisotopic (exact) mass is 258 g/mol. The van der Waals surface area contributed by atoms with Crippen molar-refractivity contribution in [3.8, 4) is 0 Å². The second-order valence-electron chi connectivity index (χ2n) is 6.25. The lowest BCUT2D eigenvalue weighted by atomic mass is 9.94. The third-order valence-corrected chi connectivity index (χ3v) is 4.42. The molecule has 0 spiro atoms. The molecule has 0 amide bonds. The number of hydrogen-bond acceptors (Lipinski definition) is 2. The van der Waals surface area contributed by atoms with Crippen LogP contribution in [0, 0.1) is 5.92 Å². The summed E-state index contributed by atoms with van der Waals surface area (Å²) < 4.78 is 0. The first kappa shape index (κ1) is 13.1. The van der Waals surface area contributed by atoms with Gasteiger partial charge in [0.2, 0.25) is 0 Å². The zero-order chi connectivity index (χ0) is 12.9. The van der Waals surface area contributed by atoms with Crippen LogP contribution in [0.5, 0.6) is 0 Å². The molecule has 104 valence electrons. The number of rotatable bonds is 6. The molecule has 0 aromatic heterocycles. The predicted molar refractivity (Wildman–Crippen MR) is 80.1 cm³/mol. The van der Waals surface area contributed by atoms with Crippen LogP contribution in [0.3, 0.4) is 0 Å². The highest BCUT2D eigenvalue weighted by Crippen LogP contribution is 2.22. The van der Waals surface area contributed by atoms with Gasteiger partial charge in [0.25, 0.3) is 0 Å². The summed E-state index contributed by atoms with van der Waals surface area (Å²) >= 11 is 0. The normalized spacial score (nSPS) is 24.5. The van der Waals surface area contributed by atoms with Crippen LogP contribution in [0.2, 0.25) is 0 Å². The summed E-state index contributed by atoms with van der Waals surface area (Å²) in [6, 6.07) is 11.8. The molecule has 1 aromatic carbocycles. The first-order valence-electron chi connectivity index (χ1n) is 7.90. The number of benzene rings is 1. The van der Waals surface area contributed by atoms with Gasteiger partial charge in [-0.1, -0.05) is 30.3 Å². The van der Waals surface area contributed by atoms with Gasteiger partial charge in [-0.2, -0.15) is 0 Å². The van der Waals surface area contributed by atoms with Crippen LogP contribution >= 0.6 is 0 Å². The first-order valence-corrected chi connectivity index (χ1v) is 7.90. The van der Waals surface area contributed by atoms with Gasteiger partial charge in [0, 0.05) is 19.1 Å². The molecule has 1 N–H and O–H groups in total. The van der Waals surface area contributed by atoms with E-state index in [2.05, 4.69) is 40.5 Å². The number of hydrogen-bond donors (Lipinski definition) is 1. The average molecular weight is 258 g/mol. The number of likely N-dealkylation sites (tertiary alicyclic amines) is 1. The van der Waals surface area contributed by atoms with E-state index in [1.807, 2.05) is 0 Å². The summed E-state index contributed by atoms with van der Waals surface area (Å²) in [6.45, 7) is 4.94. The molecule has 2 heteroatoms. The van der Waals surface area contributed by atoms with Crippen molar-refractivity contribution in [2.45, 2.75) is 44.7 Å². The molecular formula is C17H26N2. The highest BCUT2D eigenvalue weighted by atomic mass is 15.1. The van der Waals surface area contributed by atoms with Crippen LogP contribution in [0.1, 0.15) is 37.7 Å². The summed E-state index contributed by atoms with van der Waals surface area (Å²) in [7, 11) is 0. The molecule has 19 heavy (non-hydrogen) atoms. The largest absolute Gasteiger partial charge is 0.314 e. The van der Waals surface area contributed by atoms with E-state index < -0.39 is 0 Å². The Morgan fingerprint density at radius 3 is 2.74 bits per heavy atom. The maximum atomic E-state index is 3.65. The molecule has 0 unspecified atom stereocenters. The fraction of sp³-hybridized carbons (Fsp3) is 0.647. The van der Waals surface area contributed by atoms with Gasteiger partial charge >= 0.3 is 0 Å². The van der Waals surface area contributed by atoms with Gasteiger partial charge in [-0.05, 0) is 56.7 Å². The fourth-order valence-electron chi connectivity index (χ4n) is 3.15. The quantitative estimate of drug-likeness (QED) is 0.843. The lowest BCUT2D eigenvalue weighted by Crippen LogP contribution is -2.36. The van der Waals surface area contributed by atoms with Crippen LogP contribution in [0.15, 0.2) is 30.3 Å². The van der Waals surface area contributed by atoms with Gasteiger partial charge in [-0.15, -0.1) is 0 Å². The van der Waals surface area contributed by atoms with Crippen molar-refractivity contribution < 1.29 is 0 Å². The highest BCUT2D eigenvalue weighted by molar-refractivity contribution is 5.14. The first-order chi connectivity index (χ1) is 9.40. The molecule has 2 fully saturated rings. The van der Waals surface area contributed by atoms with Crippen molar-refractivity contribution in [3.05, 3.63) is 35.9 Å². The number of piperidine rings is 1. The van der Waals surface area contributed by atoms with Crippen molar-refractivity contribution in [1.29, 1.82) is 0 Å². The van der Waals surface area contributed by atoms with Crippen LogP contribution in [0.25, 0.3) is 0 Å². The molecule has 0 radical (unpaired) electrons. The van der Waals surface area contributed by atoms with E-state index in [0.29, 0.717) is 0 Å². The maximum Gasteiger partial charge on any atom is 0.0233 e. The van der Waals surface area contributed by atoms with Crippen LogP contribution in [-0.4, -0.2) is 30.6 Å². The van der Waals surface area contributed by atoms with E-state index in [4.69, 9.17) is 0 Å². The minimum Gasteiger partial charge on any atom is -0.314 e. The molecule has 0 bridgehead atoms. The molecule has 1 saturated heterocycles. The van der Waals surface area contributed by atoms with Crippen LogP contribution in [0.4, 0.5) is 0 Å². The summed E-state index contributed by atoms with van der Waals surface area (Å²) in [5, 5.41) is 3.65. The number of nitrogens with zero attached hydrogens (tertiary/aromatic N) is 1. The van der Waals surface area contributed by atoms with Gasteiger partial charge in [0.15, 0.2) is 0 Å². The second kappa shape index (κ2) is 6.53. The summed E-state index contributed by atoms with van der Waals surface area (Å²) in [4.78, 5) is 2.64. The van der Waals surface area contributed by atoms with E-state index in [1.165, 1.54) is 57.3 Å². The van der Waals surface area contributed by atoms with E-state index >= 15 is 0 Å². The van der Waals surface area contributed by atoms with E-state index in [1.54, 1.807) is 0 Å². The van der Waals surface area contributed by atoms with Gasteiger partial charge in [0.1, 0.15) is 0 Å². The SMILES string of the molecule is c1ccc(CN2CCC[C@H](CCNC3CC3)C2)cc1. The topological polar surface area (TPSA) is 15.3 Å². The standard InChI is InChI=1S/C17H26N2/c1-2-5-15(6-3-1)13-19-12-4-7-16(14-19)10-11-18-17-8-9-17/h1-3,5-6,16-18H,4,7-14H2/t16-/m1/s1. The molecule has 1 saturated carbocycles. The molecular weight excluding hydrogens is 232 g/mol. The predicted octanol–water partition coefficient (Wildman–Crippen LogP) is 3.04. The Morgan fingerprint density at radius 2 is 1.95 bits per heavy atom. The van der Waals surface area contributed by atoms with E-state index in [0.717, 1.165) is 18.5 Å². The van der Waals surface area contributed by atoms with Gasteiger partial charge in [-0.25, -0.2) is 0 Å². The van der Waals surface area contributed by atoms with Gasteiger partial charge in [0.05, 0.1) is 0 Å². The second-order valence-corrected chi connectivity index (χ2v) is 6.25. The lowest BCUT2D eigenvalue weighted by Gasteiger charge is -2.32. The smallest absolute Gasteiger partial charge is 0.0233 e. The number of nitrogens with one attached hydrogen (secondary N) is 1. The van der Waals surface area contributed by atoms with Crippen molar-refractivity contribution >= 4 is 0 Å². The third-order valence-electron chi connectivity index (χ3n) is 4.42. The van der Waals surface area contributed by atoms with Crippen molar-refractivity contribution in [3.63, 3.8) is 0 Å². The Balaban J connectivity index is 1.42. The van der Waals surface area contributed by atoms with E-state index in [-0.39, 0.29) is 0 Å². The van der Waals surface area contributed by atoms with Gasteiger partial charge in [-0.3, -0.25) is 4.90 Å². The minimum atomic E-state index is 0.865. The van der Waals surface area contributed by atoms with Crippen molar-refractivity contribution in [2.24, 2.45) is 5.92 Å². The molecule has 3 rings (SSSR count). The maximum absolute atomic E-state index is 3.65. The van der Waals surface area contributed by atoms with Gasteiger partial charge < -0.3 is 5.32 Å². The minimum absolute atomic E-state index is 0.865. The molecule has 1 aliphatic carbocycles. The third kappa shape index (κ3) is 4.32. The van der Waals surface area contributed by atoms with Crippen LogP contribution in [-0.2, 0) is 6.54 Å². The Morgan fingerprint density at radius 1 is 1.11 bits per heavy atom. The highest BCUT2D eigenvalue weighted by Gasteiger charge is 2.22. The molecule has 1 aliphatic heterocycles. The summed E-state index contributed by atoms with van der Waals surface area (Å²) in [5.41, 5.74) is 1.46. The Kier molecular flexibility index (Phi) is 4.52. The molecule has 2 aliphatic rings. The Hall–Kier alpha value is -0.860. The summed E-state index contributed by atoms with van der Waals surface area (Å²) in [5.74, 6) is 0.906. The van der Waals surface area contributed by atoms with E-state index in [9.17, 15) is 0 Å². The van der Waals surface area contributed by atoms with Crippen LogP contribution < -0.4 is 5.32 Å². The average Bonchev–Trinajstić information content (AvgIpc) is 3.25. The van der Waals surface area contributed by atoms with Crippen molar-refractivity contribution in [1.82, 2.24) is 10.2 Å². The fourth-order valence-corrected chi connectivity index (χ4v) is 3.15. The molecule has 1 atom stereocenters. The molecule has 2 nitrogen and oxygen atoms in total. The Bertz CT molecular complexity index is 372. The lowest BCUT2D eigenvalue weighted by molar-refractivity contribution is 0.161. The zero-order valence-corrected chi connectivity index (χ0v) is 11.9. The molecule has 1 aromatic rings. The molecule has 1 heterocycles. The van der Waals surface area contributed by atoms with Crippen molar-refractivity contribution in [2.75, 3.05) is 19.6 Å². The summed E-state index contributed by atoms with van der Waals surface area (Å²) in [6.07, 6.45) is 6.98. The Labute approximate surface area is 117 Å².